The number of aryl methyl sites for hydroxylation is 1. The molecule has 2 amide bonds. The zero-order valence-corrected chi connectivity index (χ0v) is 16.2. The molecule has 1 N–H and O–H groups in total. The van der Waals surface area contributed by atoms with Gasteiger partial charge < -0.3 is 5.32 Å². The summed E-state index contributed by atoms with van der Waals surface area (Å²) in [6.45, 7) is 1.95. The van der Waals surface area contributed by atoms with Crippen LogP contribution in [0.3, 0.4) is 0 Å². The molecule has 0 saturated carbocycles. The van der Waals surface area contributed by atoms with E-state index in [1.54, 1.807) is 30.3 Å². The van der Waals surface area contributed by atoms with Crippen molar-refractivity contribution in [2.24, 2.45) is 0 Å². The standard InChI is InChI=1S/C23H16ClFN2O2/c1-14-6-12-17(13-7-14)26-21-20(15-8-10-16(24)11-9-15)22(28)27(23(21)29)19-5-3-2-4-18(19)25/h2-13,26H,1H3. The van der Waals surface area contributed by atoms with Crippen LogP contribution in [0.2, 0.25) is 5.02 Å². The van der Waals surface area contributed by atoms with Crippen molar-refractivity contribution in [1.29, 1.82) is 0 Å². The van der Waals surface area contributed by atoms with E-state index in [1.165, 1.54) is 18.2 Å². The first kappa shape index (κ1) is 18.9. The third kappa shape index (κ3) is 3.52. The van der Waals surface area contributed by atoms with Gasteiger partial charge >= 0.3 is 0 Å². The Balaban J connectivity index is 1.83. The molecule has 0 aromatic heterocycles. The number of rotatable bonds is 4. The highest BCUT2D eigenvalue weighted by Gasteiger charge is 2.41. The Morgan fingerprint density at radius 1 is 0.862 bits per heavy atom. The molecule has 4 rings (SSSR count). The van der Waals surface area contributed by atoms with Crippen LogP contribution < -0.4 is 10.2 Å². The lowest BCUT2D eigenvalue weighted by Crippen LogP contribution is -2.33. The molecule has 1 aliphatic rings. The van der Waals surface area contributed by atoms with Crippen molar-refractivity contribution < 1.29 is 14.0 Å². The third-order valence-electron chi connectivity index (χ3n) is 4.63. The number of hydrogen-bond donors (Lipinski definition) is 1. The predicted octanol–water partition coefficient (Wildman–Crippen LogP) is 5.18. The molecule has 0 radical (unpaired) electrons. The van der Waals surface area contributed by atoms with E-state index < -0.39 is 17.6 Å². The Labute approximate surface area is 172 Å². The van der Waals surface area contributed by atoms with Crippen LogP contribution >= 0.6 is 11.6 Å². The number of para-hydroxylation sites is 1. The van der Waals surface area contributed by atoms with Crippen LogP contribution in [-0.4, -0.2) is 11.8 Å². The van der Waals surface area contributed by atoms with E-state index in [0.29, 0.717) is 16.3 Å². The molecular formula is C23H16ClFN2O2. The third-order valence-corrected chi connectivity index (χ3v) is 4.88. The van der Waals surface area contributed by atoms with Crippen molar-refractivity contribution in [3.8, 4) is 0 Å². The quantitative estimate of drug-likeness (QED) is 0.607. The molecule has 0 bridgehead atoms. The van der Waals surface area contributed by atoms with E-state index in [2.05, 4.69) is 5.32 Å². The summed E-state index contributed by atoms with van der Waals surface area (Å²) < 4.78 is 14.4. The number of nitrogens with one attached hydrogen (secondary N) is 1. The van der Waals surface area contributed by atoms with Crippen molar-refractivity contribution >= 4 is 40.4 Å². The second-order valence-electron chi connectivity index (χ2n) is 6.65. The fraction of sp³-hybridized carbons (Fsp3) is 0.0435. The maximum atomic E-state index is 14.4. The number of halogens is 2. The minimum absolute atomic E-state index is 0.0874. The monoisotopic (exact) mass is 406 g/mol. The van der Waals surface area contributed by atoms with E-state index >= 15 is 0 Å². The van der Waals surface area contributed by atoms with Crippen LogP contribution in [0.15, 0.2) is 78.5 Å². The normalized spacial score (nSPS) is 14.0. The van der Waals surface area contributed by atoms with E-state index in [9.17, 15) is 14.0 Å². The number of hydrogen-bond acceptors (Lipinski definition) is 3. The number of imide groups is 1. The van der Waals surface area contributed by atoms with Gasteiger partial charge in [-0.05, 0) is 48.9 Å². The number of anilines is 2. The van der Waals surface area contributed by atoms with Crippen LogP contribution in [0.25, 0.3) is 5.57 Å². The fourth-order valence-corrected chi connectivity index (χ4v) is 3.29. The maximum Gasteiger partial charge on any atom is 0.282 e. The van der Waals surface area contributed by atoms with Gasteiger partial charge in [0, 0.05) is 10.7 Å². The molecule has 3 aromatic carbocycles. The second-order valence-corrected chi connectivity index (χ2v) is 7.08. The van der Waals surface area contributed by atoms with Crippen LogP contribution in [0.4, 0.5) is 15.8 Å². The largest absolute Gasteiger partial charge is 0.350 e. The number of carbonyl (C=O) groups excluding carboxylic acids is 2. The molecule has 0 fully saturated rings. The summed E-state index contributed by atoms with van der Waals surface area (Å²) in [5.74, 6) is -1.87. The first-order chi connectivity index (χ1) is 14.0. The van der Waals surface area contributed by atoms with Crippen molar-refractivity contribution in [3.63, 3.8) is 0 Å². The van der Waals surface area contributed by atoms with Gasteiger partial charge in [-0.15, -0.1) is 0 Å². The van der Waals surface area contributed by atoms with Gasteiger partial charge in [0.15, 0.2) is 0 Å². The first-order valence-corrected chi connectivity index (χ1v) is 9.31. The summed E-state index contributed by atoms with van der Waals surface area (Å²) in [4.78, 5) is 27.3. The topological polar surface area (TPSA) is 49.4 Å². The van der Waals surface area contributed by atoms with Crippen LogP contribution in [0.5, 0.6) is 0 Å². The van der Waals surface area contributed by atoms with Crippen molar-refractivity contribution in [2.75, 3.05) is 10.2 Å². The molecule has 3 aromatic rings. The van der Waals surface area contributed by atoms with Crippen LogP contribution in [0.1, 0.15) is 11.1 Å². The molecular weight excluding hydrogens is 391 g/mol. The van der Waals surface area contributed by atoms with Gasteiger partial charge in [-0.2, -0.15) is 0 Å². The average Bonchev–Trinajstić information content (AvgIpc) is 2.95. The summed E-state index contributed by atoms with van der Waals surface area (Å²) >= 11 is 5.97. The minimum atomic E-state index is -0.652. The Bertz CT molecular complexity index is 1140. The summed E-state index contributed by atoms with van der Waals surface area (Å²) in [6, 6.07) is 19.7. The number of amides is 2. The van der Waals surface area contributed by atoms with Gasteiger partial charge in [0.1, 0.15) is 11.5 Å². The minimum Gasteiger partial charge on any atom is -0.350 e. The van der Waals surface area contributed by atoms with Gasteiger partial charge in [-0.3, -0.25) is 9.59 Å². The lowest BCUT2D eigenvalue weighted by molar-refractivity contribution is -0.120. The molecule has 1 heterocycles. The first-order valence-electron chi connectivity index (χ1n) is 8.93. The van der Waals surface area contributed by atoms with Gasteiger partial charge in [0.2, 0.25) is 0 Å². The smallest absolute Gasteiger partial charge is 0.282 e. The summed E-state index contributed by atoms with van der Waals surface area (Å²) in [5.41, 5.74) is 2.38. The molecule has 6 heteroatoms. The van der Waals surface area contributed by atoms with Crippen molar-refractivity contribution in [3.05, 3.63) is 100 Å². The van der Waals surface area contributed by atoms with Crippen molar-refractivity contribution in [2.45, 2.75) is 6.92 Å². The molecule has 144 valence electrons. The van der Waals surface area contributed by atoms with Crippen LogP contribution in [-0.2, 0) is 9.59 Å². The predicted molar refractivity (Wildman–Crippen MR) is 112 cm³/mol. The van der Waals surface area contributed by atoms with Gasteiger partial charge in [0.25, 0.3) is 11.8 Å². The van der Waals surface area contributed by atoms with Crippen LogP contribution in [0, 0.1) is 12.7 Å². The van der Waals surface area contributed by atoms with E-state index in [0.717, 1.165) is 10.5 Å². The van der Waals surface area contributed by atoms with E-state index in [-0.39, 0.29) is 17.0 Å². The molecule has 29 heavy (non-hydrogen) atoms. The second kappa shape index (κ2) is 7.53. The molecule has 4 nitrogen and oxygen atoms in total. The van der Waals surface area contributed by atoms with Gasteiger partial charge in [-0.1, -0.05) is 53.6 Å². The fourth-order valence-electron chi connectivity index (χ4n) is 3.16. The Kier molecular flexibility index (Phi) is 4.91. The van der Waals surface area contributed by atoms with Gasteiger partial charge in [-0.25, -0.2) is 9.29 Å². The molecule has 0 aliphatic carbocycles. The molecule has 0 atom stereocenters. The lowest BCUT2D eigenvalue weighted by Gasteiger charge is -2.16. The van der Waals surface area contributed by atoms with E-state index in [1.807, 2.05) is 31.2 Å². The lowest BCUT2D eigenvalue weighted by atomic mass is 10.0. The maximum absolute atomic E-state index is 14.4. The summed E-state index contributed by atoms with van der Waals surface area (Å²) in [6.07, 6.45) is 0. The zero-order chi connectivity index (χ0) is 20.5. The highest BCUT2D eigenvalue weighted by molar-refractivity contribution is 6.46. The Morgan fingerprint density at radius 2 is 1.52 bits per heavy atom. The summed E-state index contributed by atoms with van der Waals surface area (Å²) in [5, 5.41) is 3.55. The number of nitrogens with zero attached hydrogens (tertiary/aromatic N) is 1. The van der Waals surface area contributed by atoms with Gasteiger partial charge in [0.05, 0.1) is 11.3 Å². The highest BCUT2D eigenvalue weighted by atomic mass is 35.5. The Hall–Kier alpha value is -3.44. The Morgan fingerprint density at radius 3 is 2.17 bits per heavy atom. The molecule has 1 aliphatic heterocycles. The zero-order valence-electron chi connectivity index (χ0n) is 15.4. The molecule has 0 spiro atoms. The molecule has 0 unspecified atom stereocenters. The van der Waals surface area contributed by atoms with E-state index in [4.69, 9.17) is 11.6 Å². The average molecular weight is 407 g/mol. The number of benzene rings is 3. The highest BCUT2D eigenvalue weighted by Crippen LogP contribution is 2.35. The molecule has 0 saturated heterocycles. The SMILES string of the molecule is Cc1ccc(NC2=C(c3ccc(Cl)cc3)C(=O)N(c3ccccc3F)C2=O)cc1. The van der Waals surface area contributed by atoms with Crippen molar-refractivity contribution in [1.82, 2.24) is 0 Å². The number of carbonyl (C=O) groups is 2. The summed E-state index contributed by atoms with van der Waals surface area (Å²) in [7, 11) is 0.